The van der Waals surface area contributed by atoms with Gasteiger partial charge in [-0.1, -0.05) is 0 Å². The van der Waals surface area contributed by atoms with Crippen molar-refractivity contribution in [1.29, 1.82) is 0 Å². The number of hydrogen-bond donors (Lipinski definition) is 1. The zero-order valence-corrected chi connectivity index (χ0v) is 7.97. The summed E-state index contributed by atoms with van der Waals surface area (Å²) in [5.41, 5.74) is 1.26. The van der Waals surface area contributed by atoms with Gasteiger partial charge in [0, 0.05) is 25.8 Å². The lowest BCUT2D eigenvalue weighted by Gasteiger charge is -2.01. The second-order valence-corrected chi connectivity index (χ2v) is 3.10. The van der Waals surface area contributed by atoms with Crippen molar-refractivity contribution in [3.63, 3.8) is 0 Å². The molecule has 1 aromatic rings. The molecule has 1 fully saturated rings. The van der Waals surface area contributed by atoms with Crippen molar-refractivity contribution in [2.24, 2.45) is 7.05 Å². The minimum absolute atomic E-state index is 0. The van der Waals surface area contributed by atoms with Crippen LogP contribution < -0.4 is 5.32 Å². The molecule has 2 rings (SSSR count). The number of rotatable bonds is 3. The van der Waals surface area contributed by atoms with E-state index in [4.69, 9.17) is 0 Å². The van der Waals surface area contributed by atoms with E-state index in [9.17, 15) is 0 Å². The van der Waals surface area contributed by atoms with Gasteiger partial charge in [0.1, 0.15) is 0 Å². The van der Waals surface area contributed by atoms with Gasteiger partial charge in [0.15, 0.2) is 0 Å². The van der Waals surface area contributed by atoms with Crippen molar-refractivity contribution in [2.45, 2.75) is 25.4 Å². The highest BCUT2D eigenvalue weighted by Gasteiger charge is 2.20. The van der Waals surface area contributed by atoms with Crippen LogP contribution in [-0.2, 0) is 13.6 Å². The predicted molar refractivity (Wildman–Crippen MR) is 50.3 cm³/mol. The highest BCUT2D eigenvalue weighted by atomic mass is 35.5. The Hall–Kier alpha value is -0.540. The number of hydrogen-bond acceptors (Lipinski definition) is 2. The summed E-state index contributed by atoms with van der Waals surface area (Å²) in [6.45, 7) is 0.959. The molecule has 1 saturated carbocycles. The second kappa shape index (κ2) is 3.92. The van der Waals surface area contributed by atoms with Crippen molar-refractivity contribution in [3.05, 3.63) is 18.0 Å². The van der Waals surface area contributed by atoms with Crippen molar-refractivity contribution >= 4 is 12.4 Å². The Morgan fingerprint density at radius 2 is 2.42 bits per heavy atom. The van der Waals surface area contributed by atoms with Crippen LogP contribution in [0.2, 0.25) is 0 Å². The zero-order valence-electron chi connectivity index (χ0n) is 7.16. The molecule has 0 amide bonds. The van der Waals surface area contributed by atoms with Gasteiger partial charge in [-0.25, -0.2) is 0 Å². The Bertz CT molecular complexity index is 242. The van der Waals surface area contributed by atoms with Crippen LogP contribution in [0.3, 0.4) is 0 Å². The van der Waals surface area contributed by atoms with Gasteiger partial charge < -0.3 is 5.32 Å². The maximum atomic E-state index is 4.09. The number of nitrogens with one attached hydrogen (secondary N) is 1. The standard InChI is InChI=1S/C8H13N3.ClH/c1-11-8(4-5-10-11)6-9-7-2-3-7;/h4-5,7,9H,2-3,6H2,1H3;1H. The molecule has 0 spiro atoms. The Kier molecular flexibility index (Phi) is 3.12. The van der Waals surface area contributed by atoms with Gasteiger partial charge >= 0.3 is 0 Å². The molecule has 1 aliphatic rings. The monoisotopic (exact) mass is 187 g/mol. The van der Waals surface area contributed by atoms with E-state index in [2.05, 4.69) is 16.5 Å². The molecule has 0 atom stereocenters. The van der Waals surface area contributed by atoms with E-state index in [1.165, 1.54) is 18.5 Å². The summed E-state index contributed by atoms with van der Waals surface area (Å²) >= 11 is 0. The van der Waals surface area contributed by atoms with E-state index in [1.54, 1.807) is 0 Å². The molecule has 0 aliphatic heterocycles. The first-order valence-electron chi connectivity index (χ1n) is 4.06. The minimum atomic E-state index is 0. The van der Waals surface area contributed by atoms with Crippen molar-refractivity contribution in [2.75, 3.05) is 0 Å². The molecule has 0 radical (unpaired) electrons. The molecule has 4 heteroatoms. The fraction of sp³-hybridized carbons (Fsp3) is 0.625. The molecule has 68 valence electrons. The SMILES string of the molecule is Cl.Cn1nccc1CNC1CC1. The summed E-state index contributed by atoms with van der Waals surface area (Å²) in [4.78, 5) is 0. The maximum Gasteiger partial charge on any atom is 0.0518 e. The van der Waals surface area contributed by atoms with Crippen LogP contribution in [0.15, 0.2) is 12.3 Å². The molecule has 0 saturated heterocycles. The van der Waals surface area contributed by atoms with Crippen LogP contribution >= 0.6 is 12.4 Å². The summed E-state index contributed by atoms with van der Waals surface area (Å²) in [6.07, 6.45) is 4.53. The molecule has 0 unspecified atom stereocenters. The minimum Gasteiger partial charge on any atom is -0.308 e. The van der Waals surface area contributed by atoms with Gasteiger partial charge in [-0.3, -0.25) is 4.68 Å². The third kappa shape index (κ3) is 2.22. The van der Waals surface area contributed by atoms with Crippen LogP contribution in [0.1, 0.15) is 18.5 Å². The third-order valence-corrected chi connectivity index (χ3v) is 2.07. The van der Waals surface area contributed by atoms with E-state index in [0.717, 1.165) is 12.6 Å². The zero-order chi connectivity index (χ0) is 7.68. The highest BCUT2D eigenvalue weighted by molar-refractivity contribution is 5.85. The average molecular weight is 188 g/mol. The molecular weight excluding hydrogens is 174 g/mol. The van der Waals surface area contributed by atoms with Crippen LogP contribution in [0.25, 0.3) is 0 Å². The van der Waals surface area contributed by atoms with Gasteiger partial charge in [-0.15, -0.1) is 12.4 Å². The smallest absolute Gasteiger partial charge is 0.0518 e. The lowest BCUT2D eigenvalue weighted by atomic mass is 10.4. The first kappa shape index (κ1) is 9.55. The Labute approximate surface area is 78.6 Å². The van der Waals surface area contributed by atoms with E-state index in [1.807, 2.05) is 17.9 Å². The van der Waals surface area contributed by atoms with Gasteiger partial charge in [0.05, 0.1) is 5.69 Å². The normalized spacial score (nSPS) is 15.8. The first-order chi connectivity index (χ1) is 5.36. The van der Waals surface area contributed by atoms with Gasteiger partial charge in [0.25, 0.3) is 0 Å². The van der Waals surface area contributed by atoms with E-state index in [-0.39, 0.29) is 12.4 Å². The fourth-order valence-corrected chi connectivity index (χ4v) is 1.11. The molecule has 1 heterocycles. The highest BCUT2D eigenvalue weighted by Crippen LogP contribution is 2.18. The van der Waals surface area contributed by atoms with Crippen molar-refractivity contribution in [1.82, 2.24) is 15.1 Å². The third-order valence-electron chi connectivity index (χ3n) is 2.07. The summed E-state index contributed by atoms with van der Waals surface area (Å²) in [6, 6.07) is 2.83. The maximum absolute atomic E-state index is 4.09. The fourth-order valence-electron chi connectivity index (χ4n) is 1.11. The van der Waals surface area contributed by atoms with E-state index >= 15 is 0 Å². The Balaban J connectivity index is 0.000000720. The van der Waals surface area contributed by atoms with E-state index in [0.29, 0.717) is 0 Å². The van der Waals surface area contributed by atoms with Gasteiger partial charge in [0.2, 0.25) is 0 Å². The largest absolute Gasteiger partial charge is 0.308 e. The molecule has 3 nitrogen and oxygen atoms in total. The number of nitrogens with zero attached hydrogens (tertiary/aromatic N) is 2. The number of halogens is 1. The molecule has 0 aromatic carbocycles. The number of aromatic nitrogens is 2. The molecule has 0 bridgehead atoms. The van der Waals surface area contributed by atoms with Crippen molar-refractivity contribution in [3.8, 4) is 0 Å². The topological polar surface area (TPSA) is 29.9 Å². The Morgan fingerprint density at radius 3 is 2.92 bits per heavy atom. The van der Waals surface area contributed by atoms with Crippen LogP contribution in [0.5, 0.6) is 0 Å². The lowest BCUT2D eigenvalue weighted by molar-refractivity contribution is 0.623. The summed E-state index contributed by atoms with van der Waals surface area (Å²) < 4.78 is 1.91. The number of aryl methyl sites for hydroxylation is 1. The van der Waals surface area contributed by atoms with Gasteiger partial charge in [-0.05, 0) is 18.9 Å². The predicted octanol–water partition coefficient (Wildman–Crippen LogP) is 1.09. The van der Waals surface area contributed by atoms with E-state index < -0.39 is 0 Å². The average Bonchev–Trinajstić information content (AvgIpc) is 2.73. The summed E-state index contributed by atoms with van der Waals surface area (Å²) in [7, 11) is 1.98. The van der Waals surface area contributed by atoms with Crippen LogP contribution in [-0.4, -0.2) is 15.8 Å². The molecule has 12 heavy (non-hydrogen) atoms. The molecule has 1 aliphatic carbocycles. The molecular formula is C8H14ClN3. The van der Waals surface area contributed by atoms with Crippen LogP contribution in [0, 0.1) is 0 Å². The van der Waals surface area contributed by atoms with Crippen molar-refractivity contribution < 1.29 is 0 Å². The van der Waals surface area contributed by atoms with Crippen LogP contribution in [0.4, 0.5) is 0 Å². The van der Waals surface area contributed by atoms with Gasteiger partial charge in [-0.2, -0.15) is 5.10 Å². The lowest BCUT2D eigenvalue weighted by Crippen LogP contribution is -2.17. The Morgan fingerprint density at radius 1 is 1.67 bits per heavy atom. The quantitative estimate of drug-likeness (QED) is 0.768. The molecule has 1 N–H and O–H groups in total. The second-order valence-electron chi connectivity index (χ2n) is 3.10. The summed E-state index contributed by atoms with van der Waals surface area (Å²) in [5, 5.41) is 7.53. The molecule has 1 aromatic heterocycles. The first-order valence-corrected chi connectivity index (χ1v) is 4.06. The summed E-state index contributed by atoms with van der Waals surface area (Å²) in [5.74, 6) is 0.